The number of nitrogens with one attached hydrogen (secondary N) is 2. The van der Waals surface area contributed by atoms with E-state index in [9.17, 15) is 14.0 Å². The lowest BCUT2D eigenvalue weighted by molar-refractivity contribution is -0.117. The van der Waals surface area contributed by atoms with Crippen molar-refractivity contribution in [2.24, 2.45) is 0 Å². The Morgan fingerprint density at radius 2 is 1.96 bits per heavy atom. The molecule has 0 saturated carbocycles. The van der Waals surface area contributed by atoms with Crippen molar-refractivity contribution in [1.29, 1.82) is 0 Å². The fraction of sp³-hybridized carbons (Fsp3) is 0.263. The van der Waals surface area contributed by atoms with E-state index in [0.29, 0.717) is 38.0 Å². The molecule has 1 aliphatic rings. The third-order valence-corrected chi connectivity index (χ3v) is 3.92. The summed E-state index contributed by atoms with van der Waals surface area (Å²) >= 11 is 0. The van der Waals surface area contributed by atoms with Crippen molar-refractivity contribution in [1.82, 2.24) is 0 Å². The monoisotopic (exact) mass is 342 g/mol. The topological polar surface area (TPSA) is 67.4 Å². The molecule has 3 rings (SSSR count). The maximum atomic E-state index is 12.8. The van der Waals surface area contributed by atoms with Crippen LogP contribution in [-0.4, -0.2) is 18.4 Å². The van der Waals surface area contributed by atoms with Gasteiger partial charge < -0.3 is 15.4 Å². The number of hydrogen-bond donors (Lipinski definition) is 2. The number of amides is 2. The largest absolute Gasteiger partial charge is 0.494 e. The number of aryl methyl sites for hydroxylation is 1. The van der Waals surface area contributed by atoms with E-state index in [0.717, 1.165) is 16.9 Å². The van der Waals surface area contributed by atoms with Crippen LogP contribution in [0.15, 0.2) is 42.5 Å². The van der Waals surface area contributed by atoms with Crippen LogP contribution in [0, 0.1) is 5.82 Å². The summed E-state index contributed by atoms with van der Waals surface area (Å²) in [5.41, 5.74) is 2.55. The van der Waals surface area contributed by atoms with Crippen molar-refractivity contribution in [3.63, 3.8) is 0 Å². The van der Waals surface area contributed by atoms with Crippen molar-refractivity contribution in [2.75, 3.05) is 17.2 Å². The molecule has 0 atom stereocenters. The van der Waals surface area contributed by atoms with Gasteiger partial charge in [-0.15, -0.1) is 0 Å². The number of rotatable bonds is 6. The molecule has 0 spiro atoms. The van der Waals surface area contributed by atoms with Gasteiger partial charge in [-0.1, -0.05) is 0 Å². The van der Waals surface area contributed by atoms with Crippen LogP contribution in [0.3, 0.4) is 0 Å². The average Bonchev–Trinajstić information content (AvgIpc) is 2.60. The predicted octanol–water partition coefficient (Wildman–Crippen LogP) is 3.51. The summed E-state index contributed by atoms with van der Waals surface area (Å²) in [5.74, 6) is 0.197. The number of halogens is 1. The molecule has 0 saturated heterocycles. The highest BCUT2D eigenvalue weighted by atomic mass is 19.1. The maximum Gasteiger partial charge on any atom is 0.224 e. The summed E-state index contributed by atoms with van der Waals surface area (Å²) in [5, 5.41) is 5.66. The number of benzene rings is 2. The maximum absolute atomic E-state index is 12.8. The van der Waals surface area contributed by atoms with E-state index in [1.165, 1.54) is 12.1 Å². The molecular formula is C19H19FN2O3. The van der Waals surface area contributed by atoms with Gasteiger partial charge in [-0.3, -0.25) is 9.59 Å². The third kappa shape index (κ3) is 4.79. The van der Waals surface area contributed by atoms with Gasteiger partial charge in [-0.2, -0.15) is 0 Å². The normalized spacial score (nSPS) is 12.9. The Balaban J connectivity index is 1.43. The average molecular weight is 342 g/mol. The van der Waals surface area contributed by atoms with Crippen LogP contribution in [0.2, 0.25) is 0 Å². The molecule has 5 nitrogen and oxygen atoms in total. The standard InChI is InChI=1S/C19H19FN2O3/c20-14-4-7-16(8-5-14)25-11-1-2-18(23)21-15-6-9-17-13(12-15)3-10-19(24)22-17/h4-9,12H,1-3,10-11H2,(H,21,23)(H,22,24). The number of ether oxygens (including phenoxy) is 1. The van der Waals surface area contributed by atoms with E-state index >= 15 is 0 Å². The quantitative estimate of drug-likeness (QED) is 0.790. The van der Waals surface area contributed by atoms with Crippen molar-refractivity contribution < 1.29 is 18.7 Å². The Kier molecular flexibility index (Phi) is 5.28. The van der Waals surface area contributed by atoms with E-state index in [-0.39, 0.29) is 17.6 Å². The number of carbonyl (C=O) groups excluding carboxylic acids is 2. The molecule has 130 valence electrons. The number of fused-ring (bicyclic) bond motifs is 1. The van der Waals surface area contributed by atoms with Gasteiger partial charge >= 0.3 is 0 Å². The van der Waals surface area contributed by atoms with Crippen LogP contribution in [-0.2, 0) is 16.0 Å². The Hall–Kier alpha value is -2.89. The van der Waals surface area contributed by atoms with Crippen molar-refractivity contribution in [3.8, 4) is 5.75 Å². The molecule has 2 N–H and O–H groups in total. The van der Waals surface area contributed by atoms with Gasteiger partial charge in [0.2, 0.25) is 11.8 Å². The van der Waals surface area contributed by atoms with Crippen molar-refractivity contribution >= 4 is 23.2 Å². The highest BCUT2D eigenvalue weighted by Crippen LogP contribution is 2.25. The Morgan fingerprint density at radius 3 is 2.76 bits per heavy atom. The summed E-state index contributed by atoms with van der Waals surface area (Å²) < 4.78 is 18.2. The lowest BCUT2D eigenvalue weighted by atomic mass is 10.0. The molecule has 0 fully saturated rings. The Bertz CT molecular complexity index is 775. The zero-order valence-electron chi connectivity index (χ0n) is 13.7. The SMILES string of the molecule is O=C(CCCOc1ccc(F)cc1)Nc1ccc2c(c1)CCC(=O)N2. The molecule has 0 aliphatic carbocycles. The molecule has 0 bridgehead atoms. The van der Waals surface area contributed by atoms with Crippen LogP contribution in [0.25, 0.3) is 0 Å². The minimum Gasteiger partial charge on any atom is -0.494 e. The lowest BCUT2D eigenvalue weighted by Gasteiger charge is -2.17. The van der Waals surface area contributed by atoms with Crippen LogP contribution in [0.1, 0.15) is 24.8 Å². The van der Waals surface area contributed by atoms with Crippen molar-refractivity contribution in [2.45, 2.75) is 25.7 Å². The smallest absolute Gasteiger partial charge is 0.224 e. The summed E-state index contributed by atoms with van der Waals surface area (Å²) in [6, 6.07) is 11.3. The molecule has 0 unspecified atom stereocenters. The van der Waals surface area contributed by atoms with Gasteiger partial charge in [0, 0.05) is 24.2 Å². The van der Waals surface area contributed by atoms with Crippen LogP contribution in [0.5, 0.6) is 5.75 Å². The minimum absolute atomic E-state index is 0.0189. The molecule has 1 heterocycles. The molecule has 0 aromatic heterocycles. The zero-order valence-corrected chi connectivity index (χ0v) is 13.7. The van der Waals surface area contributed by atoms with Gasteiger partial charge in [0.15, 0.2) is 0 Å². The van der Waals surface area contributed by atoms with E-state index in [4.69, 9.17) is 4.74 Å². The van der Waals surface area contributed by atoms with E-state index in [1.807, 2.05) is 6.07 Å². The number of hydrogen-bond acceptors (Lipinski definition) is 3. The number of carbonyl (C=O) groups is 2. The summed E-state index contributed by atoms with van der Waals surface area (Å²) in [7, 11) is 0. The molecule has 2 amide bonds. The Labute approximate surface area is 145 Å². The third-order valence-electron chi connectivity index (χ3n) is 3.92. The molecular weight excluding hydrogens is 323 g/mol. The van der Waals surface area contributed by atoms with Crippen LogP contribution >= 0.6 is 0 Å². The van der Waals surface area contributed by atoms with E-state index < -0.39 is 0 Å². The van der Waals surface area contributed by atoms with Gasteiger partial charge in [-0.25, -0.2) is 4.39 Å². The van der Waals surface area contributed by atoms with Gasteiger partial charge in [0.1, 0.15) is 11.6 Å². The first-order valence-electron chi connectivity index (χ1n) is 8.21. The molecule has 0 radical (unpaired) electrons. The fourth-order valence-corrected chi connectivity index (χ4v) is 2.64. The predicted molar refractivity (Wildman–Crippen MR) is 93.2 cm³/mol. The second-order valence-electron chi connectivity index (χ2n) is 5.87. The molecule has 6 heteroatoms. The molecule has 2 aromatic rings. The Morgan fingerprint density at radius 1 is 1.16 bits per heavy atom. The van der Waals surface area contributed by atoms with Gasteiger partial charge in [-0.05, 0) is 60.9 Å². The van der Waals surface area contributed by atoms with E-state index in [1.54, 1.807) is 24.3 Å². The van der Waals surface area contributed by atoms with Gasteiger partial charge in [0.05, 0.1) is 6.61 Å². The minimum atomic E-state index is -0.309. The molecule has 1 aliphatic heterocycles. The fourth-order valence-electron chi connectivity index (χ4n) is 2.64. The first-order chi connectivity index (χ1) is 12.1. The number of anilines is 2. The summed E-state index contributed by atoms with van der Waals surface area (Å²) in [6.45, 7) is 0.384. The second-order valence-corrected chi connectivity index (χ2v) is 5.87. The molecule has 25 heavy (non-hydrogen) atoms. The van der Waals surface area contributed by atoms with Crippen LogP contribution < -0.4 is 15.4 Å². The van der Waals surface area contributed by atoms with Gasteiger partial charge in [0.25, 0.3) is 0 Å². The lowest BCUT2D eigenvalue weighted by Crippen LogP contribution is -2.19. The van der Waals surface area contributed by atoms with Crippen molar-refractivity contribution in [3.05, 3.63) is 53.8 Å². The second kappa shape index (κ2) is 7.79. The zero-order chi connectivity index (χ0) is 17.6. The summed E-state index contributed by atoms with van der Waals surface area (Å²) in [6.07, 6.45) is 2.03. The molecule has 2 aromatic carbocycles. The first-order valence-corrected chi connectivity index (χ1v) is 8.21. The summed E-state index contributed by atoms with van der Waals surface area (Å²) in [4.78, 5) is 23.3. The first kappa shape index (κ1) is 17.0. The highest BCUT2D eigenvalue weighted by molar-refractivity contribution is 5.95. The highest BCUT2D eigenvalue weighted by Gasteiger charge is 2.15. The van der Waals surface area contributed by atoms with Crippen LogP contribution in [0.4, 0.5) is 15.8 Å². The van der Waals surface area contributed by atoms with E-state index in [2.05, 4.69) is 10.6 Å².